The van der Waals surface area contributed by atoms with Gasteiger partial charge in [0.2, 0.25) is 0 Å². The largest absolute Gasteiger partial charge is 0.380 e. The van der Waals surface area contributed by atoms with E-state index in [0.29, 0.717) is 18.8 Å². The first-order valence-electron chi connectivity index (χ1n) is 15.6. The van der Waals surface area contributed by atoms with Gasteiger partial charge < -0.3 is 9.47 Å². The van der Waals surface area contributed by atoms with Gasteiger partial charge in [0.1, 0.15) is 0 Å². The van der Waals surface area contributed by atoms with Crippen molar-refractivity contribution in [3.05, 3.63) is 129 Å². The number of methoxy groups -OCH3 is 1. The van der Waals surface area contributed by atoms with Crippen molar-refractivity contribution in [2.45, 2.75) is 72.1 Å². The van der Waals surface area contributed by atoms with Crippen molar-refractivity contribution in [1.29, 1.82) is 0 Å². The van der Waals surface area contributed by atoms with E-state index in [2.05, 4.69) is 132 Å². The first-order valence-corrected chi connectivity index (χ1v) is 18.7. The molecule has 0 heterocycles. The van der Waals surface area contributed by atoms with Gasteiger partial charge in [0.15, 0.2) is 0 Å². The van der Waals surface area contributed by atoms with Gasteiger partial charge in [-0.25, -0.2) is 0 Å². The van der Waals surface area contributed by atoms with Crippen LogP contribution in [0.3, 0.4) is 0 Å². The van der Waals surface area contributed by atoms with Crippen molar-refractivity contribution in [3.63, 3.8) is 0 Å². The molecule has 2 aliphatic rings. The Morgan fingerprint density at radius 1 is 0.744 bits per heavy atom. The number of hydrogen-bond donors (Lipinski definition) is 0. The van der Waals surface area contributed by atoms with E-state index in [4.69, 9.17) is 9.47 Å². The minimum atomic E-state index is -1.99. The van der Waals surface area contributed by atoms with Gasteiger partial charge in [-0.15, -0.1) is 0 Å². The highest BCUT2D eigenvalue weighted by molar-refractivity contribution is 6.96. The van der Waals surface area contributed by atoms with Crippen molar-refractivity contribution in [1.82, 2.24) is 0 Å². The number of ether oxygens (including phenoxy) is 2. The normalized spacial score (nSPS) is 16.1. The summed E-state index contributed by atoms with van der Waals surface area (Å²) in [6.07, 6.45) is 3.75. The van der Waals surface area contributed by atoms with E-state index in [1.165, 1.54) is 61.2 Å². The Labute approximate surface area is 259 Å². The van der Waals surface area contributed by atoms with E-state index in [0.717, 1.165) is 6.42 Å². The minimum Gasteiger partial charge on any atom is -0.380 e. The molecule has 0 fully saturated rings. The zero-order valence-corrected chi connectivity index (χ0v) is 27.8. The predicted octanol–water partition coefficient (Wildman–Crippen LogP) is 10.4. The second-order valence-corrected chi connectivity index (χ2v) is 17.7. The molecule has 0 bridgehead atoms. The highest BCUT2D eigenvalue weighted by Crippen LogP contribution is 2.52. The third-order valence-electron chi connectivity index (χ3n) is 9.38. The number of rotatable bonds is 9. The van der Waals surface area contributed by atoms with Gasteiger partial charge in [-0.1, -0.05) is 120 Å². The lowest BCUT2D eigenvalue weighted by Gasteiger charge is -2.35. The second-order valence-electron chi connectivity index (χ2n) is 13.2. The van der Waals surface area contributed by atoms with Crippen LogP contribution in [0.5, 0.6) is 0 Å². The summed E-state index contributed by atoms with van der Waals surface area (Å²) in [5, 5.41) is 1.64. The molecule has 0 saturated carbocycles. The van der Waals surface area contributed by atoms with E-state index >= 15 is 0 Å². The molecular weight excluding hydrogens is 541 g/mol. The zero-order chi connectivity index (χ0) is 30.3. The molecule has 0 spiro atoms. The van der Waals surface area contributed by atoms with Crippen molar-refractivity contribution in [2.24, 2.45) is 0 Å². The molecule has 0 aliphatic heterocycles. The number of allylic oxidation sites excluding steroid dienone is 2. The molecule has 6 rings (SSSR count). The number of hydrogen-bond acceptors (Lipinski definition) is 2. The van der Waals surface area contributed by atoms with Crippen LogP contribution in [0.1, 0.15) is 66.6 Å². The van der Waals surface area contributed by atoms with Crippen LogP contribution in [0.15, 0.2) is 96.1 Å². The Hall–Kier alpha value is -3.50. The topological polar surface area (TPSA) is 18.5 Å². The monoisotopic (exact) mass is 584 g/mol. The summed E-state index contributed by atoms with van der Waals surface area (Å²) in [6.45, 7) is 15.4. The molecule has 1 unspecified atom stereocenters. The molecule has 4 aromatic rings. The molecule has 3 heteroatoms. The fraction of sp³-hybridized carbons (Fsp3) is 0.300. The standard InChI is InChI=1S/C40H44O2Si/c1-26(2)42-25-30-16-20-32(21-17-30)34-11-9-13-36-38(34)23-28(4)40(36)43(6,7)39-27(3)22-37-33(10-8-12-35(37)39)31-18-14-29(15-19-31)24-41-5/h8-21,23,26,40H,22,24-25H2,1-7H3. The van der Waals surface area contributed by atoms with Crippen LogP contribution < -0.4 is 0 Å². The molecule has 220 valence electrons. The highest BCUT2D eigenvalue weighted by atomic mass is 28.3. The third kappa shape index (κ3) is 5.51. The quantitative estimate of drug-likeness (QED) is 0.182. The van der Waals surface area contributed by atoms with Crippen molar-refractivity contribution in [3.8, 4) is 22.3 Å². The fourth-order valence-corrected chi connectivity index (χ4v) is 12.3. The smallest absolute Gasteiger partial charge is 0.0930 e. The second kappa shape index (κ2) is 11.9. The molecule has 0 aromatic heterocycles. The van der Waals surface area contributed by atoms with Crippen LogP contribution in [0.2, 0.25) is 13.1 Å². The van der Waals surface area contributed by atoms with E-state index in [-0.39, 0.29) is 6.10 Å². The lowest BCUT2D eigenvalue weighted by Crippen LogP contribution is -2.37. The Kier molecular flexibility index (Phi) is 8.17. The summed E-state index contributed by atoms with van der Waals surface area (Å²) in [5.74, 6) is 0. The van der Waals surface area contributed by atoms with E-state index in [1.807, 2.05) is 0 Å². The molecule has 0 N–H and O–H groups in total. The van der Waals surface area contributed by atoms with Gasteiger partial charge in [0.25, 0.3) is 0 Å². The average molecular weight is 585 g/mol. The first-order chi connectivity index (χ1) is 20.7. The molecule has 1 atom stereocenters. The molecule has 0 amide bonds. The molecule has 43 heavy (non-hydrogen) atoms. The van der Waals surface area contributed by atoms with Gasteiger partial charge in [-0.2, -0.15) is 0 Å². The van der Waals surface area contributed by atoms with E-state index in [1.54, 1.807) is 17.9 Å². The SMILES string of the molecule is COCc1ccc(-c2cccc3c2CC(C)=C3[Si](C)(C)C2C(C)=Cc3c(-c4ccc(COC(C)C)cc4)cccc32)cc1. The van der Waals surface area contributed by atoms with Gasteiger partial charge in [-0.3, -0.25) is 0 Å². The van der Waals surface area contributed by atoms with Crippen molar-refractivity contribution >= 4 is 19.3 Å². The Balaban J connectivity index is 1.34. The molecular formula is C40H44O2Si. The maximum absolute atomic E-state index is 5.83. The molecule has 2 nitrogen and oxygen atoms in total. The lowest BCUT2D eigenvalue weighted by molar-refractivity contribution is 0.0657. The predicted molar refractivity (Wildman–Crippen MR) is 185 cm³/mol. The van der Waals surface area contributed by atoms with Crippen LogP contribution >= 0.6 is 0 Å². The van der Waals surface area contributed by atoms with E-state index < -0.39 is 8.07 Å². The zero-order valence-electron chi connectivity index (χ0n) is 26.8. The Bertz CT molecular complexity index is 1700. The Morgan fingerprint density at radius 2 is 1.33 bits per heavy atom. The molecule has 2 aliphatic carbocycles. The van der Waals surface area contributed by atoms with Gasteiger partial charge in [0, 0.05) is 12.7 Å². The van der Waals surface area contributed by atoms with Gasteiger partial charge in [-0.05, 0) is 89.8 Å². The van der Waals surface area contributed by atoms with Gasteiger partial charge >= 0.3 is 0 Å². The van der Waals surface area contributed by atoms with Crippen LogP contribution in [0, 0.1) is 0 Å². The van der Waals surface area contributed by atoms with Crippen LogP contribution in [0.25, 0.3) is 33.5 Å². The van der Waals surface area contributed by atoms with Crippen LogP contribution in [-0.2, 0) is 29.1 Å². The van der Waals surface area contributed by atoms with E-state index in [9.17, 15) is 0 Å². The van der Waals surface area contributed by atoms with Gasteiger partial charge in [0.05, 0.1) is 27.4 Å². The van der Waals surface area contributed by atoms with Crippen LogP contribution in [-0.4, -0.2) is 21.3 Å². The molecule has 0 saturated heterocycles. The first kappa shape index (κ1) is 29.6. The summed E-state index contributed by atoms with van der Waals surface area (Å²) < 4.78 is 11.2. The fourth-order valence-electron chi connectivity index (χ4n) is 7.66. The highest BCUT2D eigenvalue weighted by Gasteiger charge is 2.44. The maximum atomic E-state index is 5.83. The van der Waals surface area contributed by atoms with Crippen molar-refractivity contribution in [2.75, 3.05) is 7.11 Å². The number of benzene rings is 4. The summed E-state index contributed by atoms with van der Waals surface area (Å²) in [4.78, 5) is 0. The number of fused-ring (bicyclic) bond motifs is 2. The summed E-state index contributed by atoms with van der Waals surface area (Å²) in [5.41, 5.74) is 17.1. The van der Waals surface area contributed by atoms with Crippen molar-refractivity contribution < 1.29 is 9.47 Å². The Morgan fingerprint density at radius 3 is 1.98 bits per heavy atom. The molecule has 4 aromatic carbocycles. The minimum absolute atomic E-state index is 0.236. The average Bonchev–Trinajstić information content (AvgIpc) is 3.53. The molecule has 0 radical (unpaired) electrons. The maximum Gasteiger partial charge on any atom is 0.0930 e. The third-order valence-corrected chi connectivity index (χ3v) is 13.6. The summed E-state index contributed by atoms with van der Waals surface area (Å²) in [6, 6.07) is 31.7. The lowest BCUT2D eigenvalue weighted by atomic mass is 9.95. The summed E-state index contributed by atoms with van der Waals surface area (Å²) in [7, 11) is -0.234. The van der Waals surface area contributed by atoms with Crippen LogP contribution in [0.4, 0.5) is 0 Å². The summed E-state index contributed by atoms with van der Waals surface area (Å²) >= 11 is 0.